The van der Waals surface area contributed by atoms with Crippen LogP contribution in [0.15, 0.2) is 18.2 Å². The van der Waals surface area contributed by atoms with Crippen molar-refractivity contribution in [2.75, 3.05) is 36.9 Å². The number of anilines is 1. The van der Waals surface area contributed by atoms with Crippen molar-refractivity contribution in [3.05, 3.63) is 24.0 Å². The van der Waals surface area contributed by atoms with Crippen LogP contribution in [0.4, 0.5) is 5.69 Å². The van der Waals surface area contributed by atoms with E-state index >= 15 is 0 Å². The smallest absolute Gasteiger partial charge is 0.328 e. The van der Waals surface area contributed by atoms with Gasteiger partial charge in [-0.1, -0.05) is 0 Å². The lowest BCUT2D eigenvalue weighted by molar-refractivity contribution is -0.144. The lowest BCUT2D eigenvalue weighted by Gasteiger charge is -2.22. The van der Waals surface area contributed by atoms with Gasteiger partial charge < -0.3 is 19.5 Å². The van der Waals surface area contributed by atoms with Gasteiger partial charge in [-0.15, -0.1) is 23.2 Å². The fraction of sp³-hybridized carbons (Fsp3) is 0.550. The van der Waals surface area contributed by atoms with Gasteiger partial charge >= 0.3 is 5.97 Å². The van der Waals surface area contributed by atoms with E-state index in [1.807, 2.05) is 23.7 Å². The lowest BCUT2D eigenvalue weighted by atomic mass is 10.2. The Kier molecular flexibility index (Phi) is 9.04. The number of halogens is 2. The molecule has 0 spiro atoms. The first-order chi connectivity index (χ1) is 13.9. The Labute approximate surface area is 181 Å². The lowest BCUT2D eigenvalue weighted by Crippen LogP contribution is -2.39. The fourth-order valence-corrected chi connectivity index (χ4v) is 3.60. The van der Waals surface area contributed by atoms with Crippen molar-refractivity contribution in [3.8, 4) is 0 Å². The number of nitrogens with zero attached hydrogens (tertiary/aromatic N) is 3. The summed E-state index contributed by atoms with van der Waals surface area (Å²) in [6.45, 7) is 3.04. The highest BCUT2D eigenvalue weighted by Crippen LogP contribution is 2.23. The predicted octanol–water partition coefficient (Wildman–Crippen LogP) is 2.86. The molecule has 0 fully saturated rings. The molecule has 0 saturated heterocycles. The van der Waals surface area contributed by atoms with E-state index in [1.54, 1.807) is 6.92 Å². The Hall–Kier alpha value is -1.99. The molecular weight excluding hydrogens is 415 g/mol. The van der Waals surface area contributed by atoms with Crippen LogP contribution in [0.3, 0.4) is 0 Å². The number of imidazole rings is 1. The molecule has 0 bridgehead atoms. The molecule has 1 aromatic heterocycles. The SMILES string of the molecule is COC(=O)C(C)NC(=O)CCCc1nc2cc(N(CCCl)CCCl)ccc2n1C. The normalized spacial score (nSPS) is 12.0. The molecule has 1 heterocycles. The second kappa shape index (κ2) is 11.3. The number of rotatable bonds is 11. The number of fused-ring (bicyclic) bond motifs is 1. The highest BCUT2D eigenvalue weighted by Gasteiger charge is 2.16. The second-order valence-electron chi connectivity index (χ2n) is 6.79. The van der Waals surface area contributed by atoms with Crippen LogP contribution in [-0.4, -0.2) is 59.4 Å². The number of ether oxygens (including phenoxy) is 1. The molecule has 0 aliphatic rings. The van der Waals surface area contributed by atoms with Crippen molar-refractivity contribution < 1.29 is 14.3 Å². The van der Waals surface area contributed by atoms with Gasteiger partial charge in [0.1, 0.15) is 11.9 Å². The third-order valence-electron chi connectivity index (χ3n) is 4.77. The molecule has 0 aliphatic carbocycles. The van der Waals surface area contributed by atoms with E-state index in [1.165, 1.54) is 7.11 Å². The number of carbonyl (C=O) groups excluding carboxylic acids is 2. The molecule has 160 valence electrons. The van der Waals surface area contributed by atoms with Crippen molar-refractivity contribution in [3.63, 3.8) is 0 Å². The van der Waals surface area contributed by atoms with Gasteiger partial charge in [0.25, 0.3) is 0 Å². The van der Waals surface area contributed by atoms with Gasteiger partial charge in [-0.05, 0) is 31.5 Å². The van der Waals surface area contributed by atoms with E-state index < -0.39 is 12.0 Å². The molecule has 1 N–H and O–H groups in total. The highest BCUT2D eigenvalue weighted by molar-refractivity contribution is 6.18. The maximum absolute atomic E-state index is 12.0. The minimum atomic E-state index is -0.648. The molecule has 0 aliphatic heterocycles. The Morgan fingerprint density at radius 1 is 1.28 bits per heavy atom. The van der Waals surface area contributed by atoms with Gasteiger partial charge in [0.2, 0.25) is 5.91 Å². The van der Waals surface area contributed by atoms with E-state index in [0.29, 0.717) is 31.0 Å². The molecule has 1 amide bonds. The molecule has 0 saturated carbocycles. The summed E-state index contributed by atoms with van der Waals surface area (Å²) < 4.78 is 6.65. The summed E-state index contributed by atoms with van der Waals surface area (Å²) in [6, 6.07) is 5.49. The number of aromatic nitrogens is 2. The van der Waals surface area contributed by atoms with Crippen LogP contribution in [0, 0.1) is 0 Å². The summed E-state index contributed by atoms with van der Waals surface area (Å²) in [5.74, 6) is 1.33. The van der Waals surface area contributed by atoms with Crippen LogP contribution in [-0.2, 0) is 27.8 Å². The Bertz CT molecular complexity index is 834. The van der Waals surface area contributed by atoms with Gasteiger partial charge in [-0.25, -0.2) is 9.78 Å². The number of benzene rings is 1. The van der Waals surface area contributed by atoms with Gasteiger partial charge in [0, 0.05) is 50.4 Å². The number of methoxy groups -OCH3 is 1. The summed E-state index contributed by atoms with van der Waals surface area (Å²) in [4.78, 5) is 30.2. The molecule has 0 radical (unpaired) electrons. The Balaban J connectivity index is 2.02. The number of carbonyl (C=O) groups is 2. The van der Waals surface area contributed by atoms with Crippen molar-refractivity contribution >= 4 is 51.8 Å². The van der Waals surface area contributed by atoms with E-state index in [0.717, 1.165) is 35.6 Å². The maximum atomic E-state index is 12.0. The van der Waals surface area contributed by atoms with Crippen LogP contribution in [0.25, 0.3) is 11.0 Å². The Morgan fingerprint density at radius 2 is 1.97 bits per heavy atom. The number of hydrogen-bond donors (Lipinski definition) is 1. The van der Waals surface area contributed by atoms with Gasteiger partial charge in [-0.2, -0.15) is 0 Å². The van der Waals surface area contributed by atoms with Gasteiger partial charge in [0.05, 0.1) is 18.1 Å². The molecule has 2 aromatic rings. The number of nitrogens with one attached hydrogen (secondary N) is 1. The molecule has 1 unspecified atom stereocenters. The average molecular weight is 443 g/mol. The average Bonchev–Trinajstić information content (AvgIpc) is 3.02. The number of alkyl halides is 2. The summed E-state index contributed by atoms with van der Waals surface area (Å²) in [5.41, 5.74) is 2.97. The minimum Gasteiger partial charge on any atom is -0.467 e. The zero-order chi connectivity index (χ0) is 21.4. The largest absolute Gasteiger partial charge is 0.467 e. The molecule has 7 nitrogen and oxygen atoms in total. The standard InChI is InChI=1S/C20H28Cl2N4O3/c1-14(20(28)29-3)23-19(27)6-4-5-18-24-16-13-15(7-8-17(16)25(18)2)26(11-9-21)12-10-22/h7-8,13-14H,4-6,9-12H2,1-3H3,(H,23,27). The zero-order valence-corrected chi connectivity index (χ0v) is 18.6. The van der Waals surface area contributed by atoms with Crippen LogP contribution in [0.2, 0.25) is 0 Å². The van der Waals surface area contributed by atoms with Gasteiger partial charge in [-0.3, -0.25) is 4.79 Å². The molecule has 1 aromatic carbocycles. The first-order valence-electron chi connectivity index (χ1n) is 9.60. The monoisotopic (exact) mass is 442 g/mol. The van der Waals surface area contributed by atoms with Crippen molar-refractivity contribution in [2.45, 2.75) is 32.2 Å². The van der Waals surface area contributed by atoms with Crippen molar-refractivity contribution in [1.82, 2.24) is 14.9 Å². The number of aryl methyl sites for hydroxylation is 2. The number of hydrogen-bond acceptors (Lipinski definition) is 5. The quantitative estimate of drug-likeness (QED) is 0.427. The van der Waals surface area contributed by atoms with E-state index in [2.05, 4.69) is 21.0 Å². The van der Waals surface area contributed by atoms with E-state index in [4.69, 9.17) is 28.2 Å². The van der Waals surface area contributed by atoms with Crippen molar-refractivity contribution in [1.29, 1.82) is 0 Å². The predicted molar refractivity (Wildman–Crippen MR) is 117 cm³/mol. The van der Waals surface area contributed by atoms with Crippen LogP contribution >= 0.6 is 23.2 Å². The first kappa shape index (κ1) is 23.3. The topological polar surface area (TPSA) is 76.5 Å². The molecular formula is C20H28Cl2N4O3. The van der Waals surface area contributed by atoms with Crippen molar-refractivity contribution in [2.24, 2.45) is 7.05 Å². The molecule has 1 atom stereocenters. The fourth-order valence-electron chi connectivity index (χ4n) is 3.19. The van der Waals surface area contributed by atoms with E-state index in [-0.39, 0.29) is 5.91 Å². The second-order valence-corrected chi connectivity index (χ2v) is 7.55. The summed E-state index contributed by atoms with van der Waals surface area (Å²) in [6.07, 6.45) is 1.61. The highest BCUT2D eigenvalue weighted by atomic mass is 35.5. The Morgan fingerprint density at radius 3 is 2.59 bits per heavy atom. The molecule has 2 rings (SSSR count). The summed E-state index contributed by atoms with van der Waals surface area (Å²) in [7, 11) is 3.27. The third-order valence-corrected chi connectivity index (χ3v) is 5.11. The summed E-state index contributed by atoms with van der Waals surface area (Å²) >= 11 is 11.8. The van der Waals surface area contributed by atoms with Crippen LogP contribution in [0.5, 0.6) is 0 Å². The van der Waals surface area contributed by atoms with Gasteiger partial charge in [0.15, 0.2) is 0 Å². The molecule has 29 heavy (non-hydrogen) atoms. The third kappa shape index (κ3) is 6.24. The first-order valence-corrected chi connectivity index (χ1v) is 10.7. The minimum absolute atomic E-state index is 0.179. The molecule has 9 heteroatoms. The maximum Gasteiger partial charge on any atom is 0.328 e. The summed E-state index contributed by atoms with van der Waals surface area (Å²) in [5, 5.41) is 2.63. The number of amides is 1. The zero-order valence-electron chi connectivity index (χ0n) is 17.1. The number of esters is 1. The van der Waals surface area contributed by atoms with Crippen LogP contribution in [0.1, 0.15) is 25.6 Å². The van der Waals surface area contributed by atoms with E-state index in [9.17, 15) is 9.59 Å². The van der Waals surface area contributed by atoms with Crippen LogP contribution < -0.4 is 10.2 Å².